The summed E-state index contributed by atoms with van der Waals surface area (Å²) >= 11 is 0. The number of rotatable bonds is 0. The maximum atomic E-state index is 12.1. The molecule has 0 aromatic heterocycles. The van der Waals surface area contributed by atoms with E-state index in [1.54, 1.807) is 0 Å². The van der Waals surface area contributed by atoms with Crippen LogP contribution in [-0.2, 0) is 9.59 Å². The number of ketones is 2. The molecule has 4 rings (SSSR count). The van der Waals surface area contributed by atoms with Crippen molar-refractivity contribution < 1.29 is 19.8 Å². The first-order valence-electron chi connectivity index (χ1n) is 6.05. The highest BCUT2D eigenvalue weighted by Crippen LogP contribution is 2.64. The van der Waals surface area contributed by atoms with Crippen LogP contribution < -0.4 is 0 Å². The Bertz CT molecular complexity index is 366. The zero-order valence-corrected chi connectivity index (χ0v) is 8.74. The predicted octanol–water partition coefficient (Wildman–Crippen LogP) is -0.622. The molecule has 0 aromatic carbocycles. The number of carbonyl (C=O) groups excluding carboxylic acids is 2. The lowest BCUT2D eigenvalue weighted by Crippen LogP contribution is -2.27. The second kappa shape index (κ2) is 2.57. The van der Waals surface area contributed by atoms with Gasteiger partial charge in [-0.25, -0.2) is 0 Å². The maximum Gasteiger partial charge on any atom is 0.142 e. The number of aliphatic hydroxyl groups excluding tert-OH is 2. The standard InChI is InChI=1S/C12H14O4/c13-5-1-3-7-8-4(12(16)9(5)7)2-6(14)10(8)11(3)15/h3-10,13-14H,1-2H2/t3-,4-,5?,6?,7+,8+,9+,10+/m1/s1. The maximum absolute atomic E-state index is 12.1. The topological polar surface area (TPSA) is 74.6 Å². The molecule has 8 atom stereocenters. The highest BCUT2D eigenvalue weighted by molar-refractivity contribution is 5.97. The summed E-state index contributed by atoms with van der Waals surface area (Å²) in [5, 5.41) is 19.7. The summed E-state index contributed by atoms with van der Waals surface area (Å²) in [5.41, 5.74) is 0. The van der Waals surface area contributed by atoms with Gasteiger partial charge in [0.05, 0.1) is 12.2 Å². The second-order valence-electron chi connectivity index (χ2n) is 5.83. The molecule has 2 N–H and O–H groups in total. The summed E-state index contributed by atoms with van der Waals surface area (Å²) in [5.74, 6) is -0.608. The molecule has 16 heavy (non-hydrogen) atoms. The zero-order chi connectivity index (χ0) is 11.2. The number of Topliss-reactive ketones (excluding diaryl/α,β-unsaturated/α-hetero) is 2. The Hall–Kier alpha value is -0.740. The van der Waals surface area contributed by atoms with Gasteiger partial charge in [-0.3, -0.25) is 9.59 Å². The van der Waals surface area contributed by atoms with Gasteiger partial charge in [0.1, 0.15) is 11.6 Å². The van der Waals surface area contributed by atoms with Gasteiger partial charge in [0.15, 0.2) is 0 Å². The van der Waals surface area contributed by atoms with Crippen LogP contribution in [0, 0.1) is 35.5 Å². The number of hydrogen-bond acceptors (Lipinski definition) is 4. The lowest BCUT2D eigenvalue weighted by atomic mass is 9.89. The average molecular weight is 222 g/mol. The van der Waals surface area contributed by atoms with Gasteiger partial charge in [-0.1, -0.05) is 0 Å². The van der Waals surface area contributed by atoms with Gasteiger partial charge in [0.2, 0.25) is 0 Å². The van der Waals surface area contributed by atoms with Crippen LogP contribution in [0.5, 0.6) is 0 Å². The summed E-state index contributed by atoms with van der Waals surface area (Å²) in [4.78, 5) is 24.2. The monoisotopic (exact) mass is 222 g/mol. The first-order valence-corrected chi connectivity index (χ1v) is 6.05. The Morgan fingerprint density at radius 1 is 0.812 bits per heavy atom. The predicted molar refractivity (Wildman–Crippen MR) is 52.2 cm³/mol. The molecule has 4 aliphatic carbocycles. The van der Waals surface area contributed by atoms with Crippen LogP contribution >= 0.6 is 0 Å². The van der Waals surface area contributed by atoms with Gasteiger partial charge in [0.25, 0.3) is 0 Å². The van der Waals surface area contributed by atoms with E-state index >= 15 is 0 Å². The first-order chi connectivity index (χ1) is 7.61. The molecule has 0 bridgehead atoms. The van der Waals surface area contributed by atoms with Crippen LogP contribution in [0.1, 0.15) is 12.8 Å². The fourth-order valence-electron chi connectivity index (χ4n) is 5.02. The van der Waals surface area contributed by atoms with Crippen molar-refractivity contribution >= 4 is 11.6 Å². The van der Waals surface area contributed by atoms with Crippen molar-refractivity contribution in [2.75, 3.05) is 0 Å². The van der Waals surface area contributed by atoms with Crippen LogP contribution in [0.15, 0.2) is 0 Å². The van der Waals surface area contributed by atoms with Crippen LogP contribution in [0.4, 0.5) is 0 Å². The van der Waals surface area contributed by atoms with Crippen LogP contribution in [0.3, 0.4) is 0 Å². The number of carbonyl (C=O) groups is 2. The molecule has 2 unspecified atom stereocenters. The number of aliphatic hydroxyl groups is 2. The SMILES string of the molecule is O=C1[C@@H]2CC(O)[C@@H]3C(=O)[C@@H]4CC(O)[C@H]1[C@@H]4[C@H]23. The molecular formula is C12H14O4. The average Bonchev–Trinajstić information content (AvgIpc) is 2.86. The fourth-order valence-corrected chi connectivity index (χ4v) is 5.02. The van der Waals surface area contributed by atoms with Gasteiger partial charge in [-0.15, -0.1) is 0 Å². The van der Waals surface area contributed by atoms with Crippen molar-refractivity contribution in [3.63, 3.8) is 0 Å². The molecule has 0 aromatic rings. The largest absolute Gasteiger partial charge is 0.392 e. The van der Waals surface area contributed by atoms with E-state index in [0.717, 1.165) is 0 Å². The highest BCUT2D eigenvalue weighted by Gasteiger charge is 2.71. The zero-order valence-electron chi connectivity index (χ0n) is 8.74. The van der Waals surface area contributed by atoms with Crippen molar-refractivity contribution in [3.05, 3.63) is 0 Å². The molecule has 0 amide bonds. The Labute approximate surface area is 92.6 Å². The first kappa shape index (κ1) is 9.31. The summed E-state index contributed by atoms with van der Waals surface area (Å²) in [7, 11) is 0. The van der Waals surface area contributed by atoms with Gasteiger partial charge < -0.3 is 10.2 Å². The molecule has 4 saturated carbocycles. The molecule has 4 heteroatoms. The summed E-state index contributed by atoms with van der Waals surface area (Å²) < 4.78 is 0. The summed E-state index contributed by atoms with van der Waals surface area (Å²) in [6.45, 7) is 0. The molecule has 0 aliphatic heterocycles. The lowest BCUT2D eigenvalue weighted by Gasteiger charge is -2.16. The van der Waals surface area contributed by atoms with E-state index in [2.05, 4.69) is 0 Å². The van der Waals surface area contributed by atoms with Gasteiger partial charge >= 0.3 is 0 Å². The van der Waals surface area contributed by atoms with Crippen molar-refractivity contribution in [2.45, 2.75) is 25.0 Å². The van der Waals surface area contributed by atoms with Gasteiger partial charge in [0, 0.05) is 23.7 Å². The molecule has 4 fully saturated rings. The molecule has 0 saturated heterocycles. The molecule has 0 radical (unpaired) electrons. The van der Waals surface area contributed by atoms with E-state index in [4.69, 9.17) is 0 Å². The summed E-state index contributed by atoms with van der Waals surface area (Å²) in [6.07, 6.45) is -0.358. The van der Waals surface area contributed by atoms with E-state index in [1.807, 2.05) is 0 Å². The third-order valence-corrected chi connectivity index (χ3v) is 5.41. The Kier molecular flexibility index (Phi) is 1.49. The molecule has 0 heterocycles. The Balaban J connectivity index is 1.87. The number of hydrogen-bond donors (Lipinski definition) is 2. The Morgan fingerprint density at radius 3 is 1.56 bits per heavy atom. The van der Waals surface area contributed by atoms with Gasteiger partial charge in [-0.2, -0.15) is 0 Å². The van der Waals surface area contributed by atoms with Crippen LogP contribution in [0.25, 0.3) is 0 Å². The van der Waals surface area contributed by atoms with Crippen LogP contribution in [-0.4, -0.2) is 34.0 Å². The minimum absolute atomic E-state index is 0.0437. The molecule has 4 aliphatic rings. The Morgan fingerprint density at radius 2 is 1.19 bits per heavy atom. The van der Waals surface area contributed by atoms with E-state index in [-0.39, 0.29) is 47.1 Å². The van der Waals surface area contributed by atoms with E-state index < -0.39 is 12.2 Å². The molecule has 4 nitrogen and oxygen atoms in total. The highest BCUT2D eigenvalue weighted by atomic mass is 16.3. The van der Waals surface area contributed by atoms with Crippen molar-refractivity contribution in [3.8, 4) is 0 Å². The summed E-state index contributed by atoms with van der Waals surface area (Å²) in [6, 6.07) is 0. The minimum Gasteiger partial charge on any atom is -0.392 e. The lowest BCUT2D eigenvalue weighted by molar-refractivity contribution is -0.127. The minimum atomic E-state index is -0.616. The van der Waals surface area contributed by atoms with E-state index in [0.29, 0.717) is 12.8 Å². The van der Waals surface area contributed by atoms with E-state index in [1.165, 1.54) is 0 Å². The molecular weight excluding hydrogens is 208 g/mol. The van der Waals surface area contributed by atoms with Crippen molar-refractivity contribution in [2.24, 2.45) is 35.5 Å². The third kappa shape index (κ3) is 0.759. The quantitative estimate of drug-likeness (QED) is 0.572. The van der Waals surface area contributed by atoms with E-state index in [9.17, 15) is 19.8 Å². The third-order valence-electron chi connectivity index (χ3n) is 5.41. The van der Waals surface area contributed by atoms with Crippen LogP contribution in [0.2, 0.25) is 0 Å². The van der Waals surface area contributed by atoms with Crippen molar-refractivity contribution in [1.29, 1.82) is 0 Å². The smallest absolute Gasteiger partial charge is 0.142 e. The molecule has 0 spiro atoms. The normalized spacial score (nSPS) is 62.1. The second-order valence-corrected chi connectivity index (χ2v) is 5.83. The fraction of sp³-hybridized carbons (Fsp3) is 0.833. The van der Waals surface area contributed by atoms with Crippen molar-refractivity contribution in [1.82, 2.24) is 0 Å². The van der Waals surface area contributed by atoms with Gasteiger partial charge in [-0.05, 0) is 24.7 Å². The molecule has 86 valence electrons.